The van der Waals surface area contributed by atoms with Crippen molar-refractivity contribution in [2.75, 3.05) is 14.1 Å². The van der Waals surface area contributed by atoms with Gasteiger partial charge in [-0.15, -0.1) is 0 Å². The van der Waals surface area contributed by atoms with Gasteiger partial charge < -0.3 is 5.73 Å². The summed E-state index contributed by atoms with van der Waals surface area (Å²) < 4.78 is 13.3. The van der Waals surface area contributed by atoms with Crippen LogP contribution in [-0.2, 0) is 4.79 Å². The number of nitrogens with two attached hydrogens (primary N) is 1. The molecule has 3 nitrogen and oxygen atoms in total. The van der Waals surface area contributed by atoms with E-state index in [1.54, 1.807) is 31.1 Å². The van der Waals surface area contributed by atoms with Gasteiger partial charge in [-0.2, -0.15) is 0 Å². The van der Waals surface area contributed by atoms with Crippen molar-refractivity contribution in [3.8, 4) is 0 Å². The highest BCUT2D eigenvalue weighted by atomic mass is 79.9. The van der Waals surface area contributed by atoms with E-state index in [2.05, 4.69) is 15.9 Å². The molecule has 0 bridgehead atoms. The van der Waals surface area contributed by atoms with Crippen molar-refractivity contribution in [2.45, 2.75) is 6.04 Å². The van der Waals surface area contributed by atoms with Crippen LogP contribution in [0.2, 0.25) is 0 Å². The van der Waals surface area contributed by atoms with Gasteiger partial charge in [0.15, 0.2) is 0 Å². The summed E-state index contributed by atoms with van der Waals surface area (Å²) in [5.74, 6) is -0.820. The molecule has 2 N–H and O–H groups in total. The Morgan fingerprint density at radius 1 is 1.53 bits per heavy atom. The molecule has 1 atom stereocenters. The molecule has 0 radical (unpaired) electrons. The van der Waals surface area contributed by atoms with Crippen molar-refractivity contribution < 1.29 is 9.18 Å². The number of nitrogens with zero attached hydrogens (tertiary/aromatic N) is 1. The summed E-state index contributed by atoms with van der Waals surface area (Å²) in [6, 6.07) is 3.88. The zero-order valence-corrected chi connectivity index (χ0v) is 10.1. The average Bonchev–Trinajstić information content (AvgIpc) is 2.10. The van der Waals surface area contributed by atoms with E-state index < -0.39 is 11.9 Å². The fraction of sp³-hybridized carbons (Fsp3) is 0.300. The summed E-state index contributed by atoms with van der Waals surface area (Å²) in [4.78, 5) is 12.9. The third-order valence-electron chi connectivity index (χ3n) is 2.05. The number of carbonyl (C=O) groups is 1. The maximum atomic E-state index is 13.0. The molecule has 5 heteroatoms. The second-order valence-corrected chi connectivity index (χ2v) is 4.30. The molecule has 0 fully saturated rings. The number of rotatable bonds is 3. The Kier molecular flexibility index (Phi) is 3.82. The highest BCUT2D eigenvalue weighted by Gasteiger charge is 2.20. The van der Waals surface area contributed by atoms with Crippen molar-refractivity contribution in [3.05, 3.63) is 34.1 Å². The lowest BCUT2D eigenvalue weighted by Crippen LogP contribution is -2.32. The van der Waals surface area contributed by atoms with Gasteiger partial charge in [-0.3, -0.25) is 9.69 Å². The minimum atomic E-state index is -0.540. The zero-order valence-electron chi connectivity index (χ0n) is 8.50. The van der Waals surface area contributed by atoms with E-state index in [0.717, 1.165) is 0 Å². The molecule has 15 heavy (non-hydrogen) atoms. The summed E-state index contributed by atoms with van der Waals surface area (Å²) in [6.45, 7) is 0. The summed E-state index contributed by atoms with van der Waals surface area (Å²) in [6.07, 6.45) is 0. The minimum Gasteiger partial charge on any atom is -0.368 e. The molecule has 1 unspecified atom stereocenters. The van der Waals surface area contributed by atoms with Gasteiger partial charge in [0.2, 0.25) is 5.91 Å². The molecule has 1 aromatic carbocycles. The van der Waals surface area contributed by atoms with Gasteiger partial charge in [0.25, 0.3) is 0 Å². The molecule has 82 valence electrons. The lowest BCUT2D eigenvalue weighted by Gasteiger charge is -2.21. The van der Waals surface area contributed by atoms with Crippen LogP contribution in [0.5, 0.6) is 0 Å². The van der Waals surface area contributed by atoms with E-state index >= 15 is 0 Å². The van der Waals surface area contributed by atoms with Crippen LogP contribution in [0.15, 0.2) is 22.7 Å². The first-order chi connectivity index (χ1) is 6.93. The van der Waals surface area contributed by atoms with Gasteiger partial charge in [0.1, 0.15) is 11.9 Å². The number of hydrogen-bond donors (Lipinski definition) is 1. The van der Waals surface area contributed by atoms with Crippen molar-refractivity contribution in [1.29, 1.82) is 0 Å². The molecule has 0 aliphatic rings. The van der Waals surface area contributed by atoms with E-state index in [0.29, 0.717) is 10.0 Å². The number of likely N-dealkylation sites (N-methyl/N-ethyl adjacent to an activating group) is 1. The van der Waals surface area contributed by atoms with Gasteiger partial charge in [-0.05, 0) is 47.7 Å². The summed E-state index contributed by atoms with van der Waals surface area (Å²) in [5, 5.41) is 0. The fourth-order valence-corrected chi connectivity index (χ4v) is 1.80. The molecule has 0 aliphatic carbocycles. The van der Waals surface area contributed by atoms with Crippen molar-refractivity contribution >= 4 is 21.8 Å². The fourth-order valence-electron chi connectivity index (χ4n) is 1.40. The first kappa shape index (κ1) is 12.1. The monoisotopic (exact) mass is 274 g/mol. The molecular weight excluding hydrogens is 263 g/mol. The quantitative estimate of drug-likeness (QED) is 0.912. The Bertz CT molecular complexity index is 382. The van der Waals surface area contributed by atoms with Crippen LogP contribution in [0.25, 0.3) is 0 Å². The van der Waals surface area contributed by atoms with Crippen molar-refractivity contribution in [2.24, 2.45) is 5.73 Å². The van der Waals surface area contributed by atoms with Gasteiger partial charge in [-0.25, -0.2) is 4.39 Å². The third kappa shape index (κ3) is 2.76. The van der Waals surface area contributed by atoms with Crippen molar-refractivity contribution in [1.82, 2.24) is 4.90 Å². The predicted molar refractivity (Wildman–Crippen MR) is 59.7 cm³/mol. The van der Waals surface area contributed by atoms with E-state index in [9.17, 15) is 9.18 Å². The van der Waals surface area contributed by atoms with E-state index in [1.165, 1.54) is 6.07 Å². The number of primary amides is 1. The molecule has 0 aromatic heterocycles. The van der Waals surface area contributed by atoms with Gasteiger partial charge in [-0.1, -0.05) is 6.07 Å². The maximum absolute atomic E-state index is 13.0. The molecule has 0 saturated heterocycles. The summed E-state index contributed by atoms with van der Waals surface area (Å²) >= 11 is 3.07. The van der Waals surface area contributed by atoms with Crippen LogP contribution in [0.4, 0.5) is 4.39 Å². The lowest BCUT2D eigenvalue weighted by atomic mass is 10.1. The Morgan fingerprint density at radius 3 is 2.53 bits per heavy atom. The van der Waals surface area contributed by atoms with E-state index in [1.807, 2.05) is 0 Å². The minimum absolute atomic E-state index is 0.327. The van der Waals surface area contributed by atoms with Crippen LogP contribution in [0.1, 0.15) is 11.6 Å². The summed E-state index contributed by atoms with van der Waals surface area (Å²) in [7, 11) is 3.49. The van der Waals surface area contributed by atoms with Crippen LogP contribution >= 0.6 is 15.9 Å². The Morgan fingerprint density at radius 2 is 2.13 bits per heavy atom. The van der Waals surface area contributed by atoms with Gasteiger partial charge in [0, 0.05) is 0 Å². The van der Waals surface area contributed by atoms with Gasteiger partial charge in [0.05, 0.1) is 4.47 Å². The second kappa shape index (κ2) is 4.72. The van der Waals surface area contributed by atoms with E-state index in [4.69, 9.17) is 5.73 Å². The summed E-state index contributed by atoms with van der Waals surface area (Å²) in [5.41, 5.74) is 5.94. The number of carbonyl (C=O) groups excluding carboxylic acids is 1. The Balaban J connectivity index is 3.12. The SMILES string of the molecule is CN(C)C(C(N)=O)c1ccc(F)c(Br)c1. The van der Waals surface area contributed by atoms with Crippen LogP contribution < -0.4 is 5.73 Å². The highest BCUT2D eigenvalue weighted by molar-refractivity contribution is 9.10. The van der Waals surface area contributed by atoms with Crippen LogP contribution in [0, 0.1) is 5.82 Å². The molecule has 1 rings (SSSR count). The second-order valence-electron chi connectivity index (χ2n) is 3.44. The normalized spacial score (nSPS) is 12.9. The smallest absolute Gasteiger partial charge is 0.239 e. The largest absolute Gasteiger partial charge is 0.368 e. The third-order valence-corrected chi connectivity index (χ3v) is 2.65. The topological polar surface area (TPSA) is 46.3 Å². The molecule has 0 aliphatic heterocycles. The molecule has 1 aromatic rings. The van der Waals surface area contributed by atoms with E-state index in [-0.39, 0.29) is 5.82 Å². The molecule has 0 saturated carbocycles. The standard InChI is InChI=1S/C10H12BrFN2O/c1-14(2)9(10(13)15)6-3-4-8(12)7(11)5-6/h3-5,9H,1-2H3,(H2,13,15). The van der Waals surface area contributed by atoms with Crippen molar-refractivity contribution in [3.63, 3.8) is 0 Å². The lowest BCUT2D eigenvalue weighted by molar-refractivity contribution is -0.122. The Labute approximate surface area is 96.2 Å². The first-order valence-corrected chi connectivity index (χ1v) is 5.13. The molecule has 0 spiro atoms. The van der Waals surface area contributed by atoms with Crippen LogP contribution in [-0.4, -0.2) is 24.9 Å². The molecule has 1 amide bonds. The maximum Gasteiger partial charge on any atom is 0.239 e. The number of hydrogen-bond acceptors (Lipinski definition) is 2. The number of amides is 1. The molecular formula is C10H12BrFN2O. The number of halogens is 2. The number of benzene rings is 1. The average molecular weight is 275 g/mol. The van der Waals surface area contributed by atoms with Gasteiger partial charge >= 0.3 is 0 Å². The molecule has 0 heterocycles. The Hall–Kier alpha value is -0.940. The predicted octanol–water partition coefficient (Wildman–Crippen LogP) is 1.68. The highest BCUT2D eigenvalue weighted by Crippen LogP contribution is 2.23. The zero-order chi connectivity index (χ0) is 11.6. The first-order valence-electron chi connectivity index (χ1n) is 4.34. The van der Waals surface area contributed by atoms with Crippen LogP contribution in [0.3, 0.4) is 0 Å².